The van der Waals surface area contributed by atoms with Crippen molar-refractivity contribution in [2.24, 2.45) is 0 Å². The van der Waals surface area contributed by atoms with Crippen molar-refractivity contribution < 1.29 is 9.69 Å². The number of nitrogens with one attached hydrogen (secondary N) is 2. The average Bonchev–Trinajstić information content (AvgIpc) is 2.68. The van der Waals surface area contributed by atoms with E-state index in [1.54, 1.807) is 0 Å². The Bertz CT molecular complexity index is 742. The first-order valence-electron chi connectivity index (χ1n) is 9.22. The zero-order valence-corrected chi connectivity index (χ0v) is 16.2. The van der Waals surface area contributed by atoms with Crippen LogP contribution < -0.4 is 15.1 Å². The molecule has 1 heterocycles. The van der Waals surface area contributed by atoms with E-state index >= 15 is 0 Å². The summed E-state index contributed by atoms with van der Waals surface area (Å²) in [5, 5.41) is 3.84. The van der Waals surface area contributed by atoms with Gasteiger partial charge in [-0.3, -0.25) is 4.79 Å². The van der Waals surface area contributed by atoms with E-state index in [0.29, 0.717) is 6.54 Å². The number of benzene rings is 2. The summed E-state index contributed by atoms with van der Waals surface area (Å²) in [5.41, 5.74) is 3.58. The molecule has 2 aromatic carbocycles. The molecule has 0 saturated carbocycles. The van der Waals surface area contributed by atoms with Gasteiger partial charge in [-0.25, -0.2) is 0 Å². The molecular weight excluding hydrogens is 346 g/mol. The second-order valence-corrected chi connectivity index (χ2v) is 7.44. The third-order valence-electron chi connectivity index (χ3n) is 5.23. The molecule has 1 aliphatic heterocycles. The number of piperazine rings is 1. The van der Waals surface area contributed by atoms with Crippen LogP contribution in [0.5, 0.6) is 0 Å². The van der Waals surface area contributed by atoms with E-state index in [1.165, 1.54) is 16.2 Å². The van der Waals surface area contributed by atoms with E-state index in [4.69, 9.17) is 11.6 Å². The van der Waals surface area contributed by atoms with Crippen LogP contribution in [0.4, 0.5) is 5.69 Å². The van der Waals surface area contributed by atoms with Crippen molar-refractivity contribution in [1.29, 1.82) is 0 Å². The maximum Gasteiger partial charge on any atom is 0.278 e. The second kappa shape index (κ2) is 8.56. The fraction of sp³-hybridized carbons (Fsp3) is 0.381. The maximum atomic E-state index is 12.5. The Balaban J connectivity index is 1.52. The third kappa shape index (κ3) is 4.57. The molecule has 1 fully saturated rings. The van der Waals surface area contributed by atoms with E-state index in [9.17, 15) is 4.79 Å². The number of carbonyl (C=O) groups excluding carboxylic acids is 1. The Hall–Kier alpha value is -2.04. The average molecular weight is 373 g/mol. The first-order chi connectivity index (χ1) is 12.5. The third-order valence-corrected chi connectivity index (χ3v) is 5.47. The Morgan fingerprint density at radius 2 is 1.88 bits per heavy atom. The highest BCUT2D eigenvalue weighted by molar-refractivity contribution is 6.30. The van der Waals surface area contributed by atoms with Gasteiger partial charge in [0.2, 0.25) is 0 Å². The summed E-state index contributed by atoms with van der Waals surface area (Å²) in [6, 6.07) is 16.0. The van der Waals surface area contributed by atoms with E-state index in [1.807, 2.05) is 49.4 Å². The number of anilines is 1. The predicted octanol–water partition coefficient (Wildman–Crippen LogP) is 2.06. The Kier molecular flexibility index (Phi) is 6.17. The first kappa shape index (κ1) is 18.7. The zero-order chi connectivity index (χ0) is 18.5. The van der Waals surface area contributed by atoms with E-state index < -0.39 is 0 Å². The zero-order valence-electron chi connectivity index (χ0n) is 15.5. The van der Waals surface area contributed by atoms with Gasteiger partial charge in [-0.2, -0.15) is 0 Å². The highest BCUT2D eigenvalue weighted by Crippen LogP contribution is 2.24. The monoisotopic (exact) mass is 372 g/mol. The van der Waals surface area contributed by atoms with Gasteiger partial charge in [0.05, 0.1) is 26.2 Å². The molecule has 2 aromatic rings. The number of amides is 1. The van der Waals surface area contributed by atoms with Crippen LogP contribution in [0, 0.1) is 6.92 Å². The molecule has 1 aliphatic rings. The number of hydrogen-bond donors (Lipinski definition) is 2. The Labute approximate surface area is 160 Å². The van der Waals surface area contributed by atoms with Crippen molar-refractivity contribution in [2.75, 3.05) is 31.1 Å². The number of aryl methyl sites for hydroxylation is 1. The number of halogens is 1. The molecule has 1 atom stereocenters. The van der Waals surface area contributed by atoms with Gasteiger partial charge in [0, 0.05) is 17.3 Å². The van der Waals surface area contributed by atoms with Gasteiger partial charge >= 0.3 is 0 Å². The standard InChI is InChI=1S/C21H26ClN3O/c1-16-8-9-19(22)14-20(16)25-12-10-24(11-13-25)17(2)21(26)23-15-18-6-4-3-5-7-18/h3-9,14,17H,10-13,15H2,1-2H3,(H,23,26)/p+1/t17-/m1/s1. The number of nitrogens with zero attached hydrogens (tertiary/aromatic N) is 1. The van der Waals surface area contributed by atoms with Crippen molar-refractivity contribution in [2.45, 2.75) is 26.4 Å². The summed E-state index contributed by atoms with van der Waals surface area (Å²) in [5.74, 6) is 0.122. The predicted molar refractivity (Wildman–Crippen MR) is 107 cm³/mol. The minimum absolute atomic E-state index is 0.0404. The highest BCUT2D eigenvalue weighted by atomic mass is 35.5. The van der Waals surface area contributed by atoms with Gasteiger partial charge in [0.1, 0.15) is 0 Å². The minimum Gasteiger partial charge on any atom is -0.360 e. The smallest absolute Gasteiger partial charge is 0.278 e. The largest absolute Gasteiger partial charge is 0.360 e. The number of quaternary nitrogens is 1. The lowest BCUT2D eigenvalue weighted by molar-refractivity contribution is -0.914. The summed E-state index contributed by atoms with van der Waals surface area (Å²) < 4.78 is 0. The molecule has 1 amide bonds. The lowest BCUT2D eigenvalue weighted by atomic mass is 10.1. The van der Waals surface area contributed by atoms with Crippen molar-refractivity contribution in [3.05, 3.63) is 64.7 Å². The number of hydrogen-bond acceptors (Lipinski definition) is 2. The van der Waals surface area contributed by atoms with E-state index in [-0.39, 0.29) is 11.9 Å². The van der Waals surface area contributed by atoms with Crippen molar-refractivity contribution in [1.82, 2.24) is 5.32 Å². The first-order valence-corrected chi connectivity index (χ1v) is 9.59. The van der Waals surface area contributed by atoms with Gasteiger partial charge < -0.3 is 15.1 Å². The van der Waals surface area contributed by atoms with Crippen LogP contribution in [-0.4, -0.2) is 38.1 Å². The van der Waals surface area contributed by atoms with Crippen molar-refractivity contribution in [3.63, 3.8) is 0 Å². The van der Waals surface area contributed by atoms with Gasteiger partial charge in [-0.05, 0) is 37.1 Å². The quantitative estimate of drug-likeness (QED) is 0.843. The second-order valence-electron chi connectivity index (χ2n) is 7.00. The molecular formula is C21H27ClN3O+. The number of carbonyl (C=O) groups is 1. The topological polar surface area (TPSA) is 36.8 Å². The molecule has 3 rings (SSSR count). The molecule has 4 nitrogen and oxygen atoms in total. The SMILES string of the molecule is Cc1ccc(Cl)cc1N1CC[NH+]([C@H](C)C(=O)NCc2ccccc2)CC1. The summed E-state index contributed by atoms with van der Waals surface area (Å²) in [6.45, 7) is 8.50. The summed E-state index contributed by atoms with van der Waals surface area (Å²) >= 11 is 6.16. The molecule has 2 N–H and O–H groups in total. The molecule has 0 aliphatic carbocycles. The molecule has 0 aromatic heterocycles. The number of rotatable bonds is 5. The van der Waals surface area contributed by atoms with Crippen molar-refractivity contribution in [3.8, 4) is 0 Å². The van der Waals surface area contributed by atoms with Crippen LogP contribution in [0.25, 0.3) is 0 Å². The van der Waals surface area contributed by atoms with Gasteiger partial charge in [0.15, 0.2) is 6.04 Å². The van der Waals surface area contributed by atoms with Crippen LogP contribution in [0.2, 0.25) is 5.02 Å². The van der Waals surface area contributed by atoms with Crippen LogP contribution >= 0.6 is 11.6 Å². The van der Waals surface area contributed by atoms with E-state index in [0.717, 1.165) is 36.8 Å². The van der Waals surface area contributed by atoms with E-state index in [2.05, 4.69) is 23.2 Å². The van der Waals surface area contributed by atoms with Crippen LogP contribution in [0.1, 0.15) is 18.1 Å². The summed E-state index contributed by atoms with van der Waals surface area (Å²) in [6.07, 6.45) is 0. The Morgan fingerprint density at radius 1 is 1.19 bits per heavy atom. The Morgan fingerprint density at radius 3 is 2.58 bits per heavy atom. The molecule has 1 saturated heterocycles. The molecule has 0 spiro atoms. The summed E-state index contributed by atoms with van der Waals surface area (Å²) in [4.78, 5) is 16.2. The van der Waals surface area contributed by atoms with Crippen LogP contribution in [0.15, 0.2) is 48.5 Å². The van der Waals surface area contributed by atoms with Crippen LogP contribution in [-0.2, 0) is 11.3 Å². The lowest BCUT2D eigenvalue weighted by Crippen LogP contribution is -3.19. The molecule has 5 heteroatoms. The normalized spacial score (nSPS) is 16.3. The molecule has 138 valence electrons. The van der Waals surface area contributed by atoms with Gasteiger partial charge in [-0.15, -0.1) is 0 Å². The van der Waals surface area contributed by atoms with Crippen molar-refractivity contribution >= 4 is 23.2 Å². The van der Waals surface area contributed by atoms with Crippen LogP contribution in [0.3, 0.4) is 0 Å². The fourth-order valence-electron chi connectivity index (χ4n) is 3.51. The molecule has 26 heavy (non-hydrogen) atoms. The fourth-order valence-corrected chi connectivity index (χ4v) is 3.68. The van der Waals surface area contributed by atoms with Gasteiger partial charge in [0.25, 0.3) is 5.91 Å². The minimum atomic E-state index is -0.0404. The molecule has 0 unspecified atom stereocenters. The van der Waals surface area contributed by atoms with Gasteiger partial charge in [-0.1, -0.05) is 48.0 Å². The molecule has 0 bridgehead atoms. The maximum absolute atomic E-state index is 12.5. The summed E-state index contributed by atoms with van der Waals surface area (Å²) in [7, 11) is 0. The highest BCUT2D eigenvalue weighted by Gasteiger charge is 2.29. The molecule has 0 radical (unpaired) electrons. The lowest BCUT2D eigenvalue weighted by Gasteiger charge is -2.36.